The summed E-state index contributed by atoms with van der Waals surface area (Å²) in [5.74, 6) is 0.936. The van der Waals surface area contributed by atoms with E-state index in [1.54, 1.807) is 16.7 Å². The van der Waals surface area contributed by atoms with Crippen molar-refractivity contribution >= 4 is 28.8 Å². The summed E-state index contributed by atoms with van der Waals surface area (Å²) in [5, 5.41) is 33.0. The van der Waals surface area contributed by atoms with Crippen molar-refractivity contribution < 1.29 is 15.0 Å². The Bertz CT molecular complexity index is 668. The van der Waals surface area contributed by atoms with E-state index < -0.39 is 16.5 Å². The zero-order valence-corrected chi connectivity index (χ0v) is 15.3. The van der Waals surface area contributed by atoms with Gasteiger partial charge in [-0.05, 0) is 31.1 Å². The van der Waals surface area contributed by atoms with Crippen molar-refractivity contribution in [1.29, 1.82) is 0 Å². The van der Waals surface area contributed by atoms with Crippen LogP contribution in [0.5, 0.6) is 0 Å². The van der Waals surface area contributed by atoms with Gasteiger partial charge in [0.25, 0.3) is 5.69 Å². The summed E-state index contributed by atoms with van der Waals surface area (Å²) in [6, 6.07) is 1.27. The molecule has 1 aliphatic rings. The number of benzene rings is 1. The van der Waals surface area contributed by atoms with Gasteiger partial charge in [0, 0.05) is 30.0 Å². The number of aliphatic hydroxyl groups is 1. The molecule has 0 saturated carbocycles. The smallest absolute Gasteiger partial charge is 0.302 e. The van der Waals surface area contributed by atoms with Crippen molar-refractivity contribution in [2.24, 2.45) is 0 Å². The van der Waals surface area contributed by atoms with Crippen LogP contribution in [0.3, 0.4) is 0 Å². The first-order chi connectivity index (χ1) is 11.9. The van der Waals surface area contributed by atoms with Crippen molar-refractivity contribution in [3.8, 4) is 0 Å². The molecule has 25 heavy (non-hydrogen) atoms. The molecule has 9 heteroatoms. The number of thioether (sulfide) groups is 1. The number of nitro benzene ring substituents is 2. The van der Waals surface area contributed by atoms with Crippen LogP contribution in [0.4, 0.5) is 17.1 Å². The molecule has 0 radical (unpaired) electrons. The zero-order valence-electron chi connectivity index (χ0n) is 14.4. The highest BCUT2D eigenvalue weighted by Gasteiger charge is 2.35. The Labute approximate surface area is 150 Å². The van der Waals surface area contributed by atoms with Crippen LogP contribution >= 0.6 is 11.8 Å². The molecule has 1 N–H and O–H groups in total. The van der Waals surface area contributed by atoms with Gasteiger partial charge >= 0.3 is 5.69 Å². The third-order valence-corrected chi connectivity index (χ3v) is 5.70. The lowest BCUT2D eigenvalue weighted by molar-refractivity contribution is -0.393. The van der Waals surface area contributed by atoms with Crippen molar-refractivity contribution in [3.05, 3.63) is 37.4 Å². The summed E-state index contributed by atoms with van der Waals surface area (Å²) in [5.41, 5.74) is 0.0192. The van der Waals surface area contributed by atoms with E-state index in [-0.39, 0.29) is 28.2 Å². The molecule has 1 unspecified atom stereocenters. The summed E-state index contributed by atoms with van der Waals surface area (Å²) in [6.07, 6.45) is 2.85. The lowest BCUT2D eigenvalue weighted by Crippen LogP contribution is -2.31. The number of rotatable bonds is 6. The predicted molar refractivity (Wildman–Crippen MR) is 98.4 cm³/mol. The molecule has 1 heterocycles. The summed E-state index contributed by atoms with van der Waals surface area (Å²) >= 11 is 1.78. The van der Waals surface area contributed by atoms with Crippen LogP contribution in [0.15, 0.2) is 6.07 Å². The predicted octanol–water partition coefficient (Wildman–Crippen LogP) is 3.42. The van der Waals surface area contributed by atoms with E-state index in [0.717, 1.165) is 25.0 Å². The molecule has 0 bridgehead atoms. The minimum Gasteiger partial charge on any atom is -0.392 e. The van der Waals surface area contributed by atoms with E-state index in [2.05, 4.69) is 6.92 Å². The van der Waals surface area contributed by atoms with E-state index in [1.807, 2.05) is 0 Å². The second kappa shape index (κ2) is 8.48. The van der Waals surface area contributed by atoms with E-state index in [9.17, 15) is 25.3 Å². The molecule has 2 rings (SSSR count). The van der Waals surface area contributed by atoms with Crippen molar-refractivity contribution in [3.63, 3.8) is 0 Å². The van der Waals surface area contributed by atoms with Gasteiger partial charge in [-0.2, -0.15) is 11.8 Å². The molecule has 1 saturated heterocycles. The van der Waals surface area contributed by atoms with Crippen molar-refractivity contribution in [2.45, 2.75) is 45.0 Å². The first-order valence-corrected chi connectivity index (χ1v) is 9.38. The molecule has 8 nitrogen and oxygen atoms in total. The van der Waals surface area contributed by atoms with Gasteiger partial charge in [-0.15, -0.1) is 0 Å². The monoisotopic (exact) mass is 369 g/mol. The van der Waals surface area contributed by atoms with E-state index in [4.69, 9.17) is 0 Å². The average Bonchev–Trinajstić information content (AvgIpc) is 2.79. The Morgan fingerprint density at radius 2 is 2.04 bits per heavy atom. The van der Waals surface area contributed by atoms with Gasteiger partial charge in [0.15, 0.2) is 5.69 Å². The molecule has 0 spiro atoms. The maximum atomic E-state index is 11.7. The normalized spacial score (nSPS) is 18.0. The maximum absolute atomic E-state index is 11.7. The first kappa shape index (κ1) is 19.5. The number of hydrogen-bond acceptors (Lipinski definition) is 7. The summed E-state index contributed by atoms with van der Waals surface area (Å²) < 4.78 is 0. The molecule has 1 aromatic carbocycles. The van der Waals surface area contributed by atoms with Crippen LogP contribution in [0.25, 0.3) is 0 Å². The Kier molecular flexibility index (Phi) is 6.60. The molecular formula is C16H23N3O5S. The van der Waals surface area contributed by atoms with Crippen LogP contribution in [-0.2, 0) is 6.61 Å². The van der Waals surface area contributed by atoms with Crippen LogP contribution in [0.1, 0.15) is 37.3 Å². The minimum absolute atomic E-state index is 0.0771. The van der Waals surface area contributed by atoms with E-state index >= 15 is 0 Å². The fraction of sp³-hybridized carbons (Fsp3) is 0.625. The SMILES string of the molecule is CCSC1CCCCN(c2c([N+](=O)[O-])cc(CO)c(C)c2[N+](=O)[O-])C1. The first-order valence-electron chi connectivity index (χ1n) is 8.33. The van der Waals surface area contributed by atoms with Gasteiger partial charge in [0.05, 0.1) is 16.5 Å². The fourth-order valence-corrected chi connectivity index (χ4v) is 4.40. The Balaban J connectivity index is 2.62. The van der Waals surface area contributed by atoms with Gasteiger partial charge in [0.1, 0.15) is 0 Å². The molecule has 1 aliphatic heterocycles. The fourth-order valence-electron chi connectivity index (χ4n) is 3.31. The van der Waals surface area contributed by atoms with Gasteiger partial charge < -0.3 is 10.0 Å². The highest BCUT2D eigenvalue weighted by Crippen LogP contribution is 2.43. The number of nitrogens with zero attached hydrogens (tertiary/aromatic N) is 3. The van der Waals surface area contributed by atoms with Crippen LogP contribution < -0.4 is 4.90 Å². The number of aliphatic hydroxyl groups excluding tert-OH is 1. The maximum Gasteiger partial charge on any atom is 0.302 e. The minimum atomic E-state index is -0.589. The Morgan fingerprint density at radius 1 is 1.32 bits per heavy atom. The largest absolute Gasteiger partial charge is 0.392 e. The lowest BCUT2D eigenvalue weighted by Gasteiger charge is -2.26. The van der Waals surface area contributed by atoms with Crippen molar-refractivity contribution in [2.75, 3.05) is 23.7 Å². The van der Waals surface area contributed by atoms with E-state index in [1.165, 1.54) is 13.0 Å². The second-order valence-electron chi connectivity index (χ2n) is 6.07. The Morgan fingerprint density at radius 3 is 2.60 bits per heavy atom. The number of nitro groups is 2. The molecule has 1 atom stereocenters. The molecule has 1 aromatic rings. The second-order valence-corrected chi connectivity index (χ2v) is 7.65. The van der Waals surface area contributed by atoms with Crippen molar-refractivity contribution in [1.82, 2.24) is 0 Å². The molecule has 1 fully saturated rings. The van der Waals surface area contributed by atoms with Gasteiger partial charge in [-0.3, -0.25) is 20.2 Å². The van der Waals surface area contributed by atoms with Crippen LogP contribution in [-0.4, -0.2) is 39.0 Å². The molecule has 138 valence electrons. The van der Waals surface area contributed by atoms with Crippen LogP contribution in [0.2, 0.25) is 0 Å². The molecule has 0 aliphatic carbocycles. The van der Waals surface area contributed by atoms with E-state index in [0.29, 0.717) is 18.3 Å². The lowest BCUT2D eigenvalue weighted by atomic mass is 10.0. The summed E-state index contributed by atoms with van der Waals surface area (Å²) in [4.78, 5) is 23.9. The highest BCUT2D eigenvalue weighted by molar-refractivity contribution is 7.99. The highest BCUT2D eigenvalue weighted by atomic mass is 32.2. The third-order valence-electron chi connectivity index (χ3n) is 4.51. The van der Waals surface area contributed by atoms with Crippen LogP contribution in [0, 0.1) is 27.2 Å². The third kappa shape index (κ3) is 4.21. The summed E-state index contributed by atoms with van der Waals surface area (Å²) in [7, 11) is 0. The van der Waals surface area contributed by atoms with Gasteiger partial charge in [0.2, 0.25) is 0 Å². The summed E-state index contributed by atoms with van der Waals surface area (Å²) in [6.45, 7) is 4.23. The molecule has 0 aromatic heterocycles. The number of hydrogen-bond donors (Lipinski definition) is 1. The molecular weight excluding hydrogens is 346 g/mol. The number of anilines is 1. The zero-order chi connectivity index (χ0) is 18.6. The topological polar surface area (TPSA) is 110 Å². The molecule has 0 amide bonds. The standard InChI is InChI=1S/C16H23N3O5S/c1-3-25-13-6-4-5-7-17(9-13)16-14(18(21)22)8-12(10-20)11(2)15(16)19(23)24/h8,13,20H,3-7,9-10H2,1-2H3. The van der Waals surface area contributed by atoms with Gasteiger partial charge in [-0.25, -0.2) is 0 Å². The quantitative estimate of drug-likeness (QED) is 0.604. The average molecular weight is 369 g/mol. The Hall–Kier alpha value is -1.87. The van der Waals surface area contributed by atoms with Gasteiger partial charge in [-0.1, -0.05) is 13.3 Å².